The fourth-order valence-corrected chi connectivity index (χ4v) is 3.21. The molecule has 0 spiro atoms. The maximum absolute atomic E-state index is 12.6. The van der Waals surface area contributed by atoms with Crippen molar-refractivity contribution in [3.05, 3.63) is 42.9 Å². The van der Waals surface area contributed by atoms with Crippen LogP contribution < -0.4 is 10.6 Å². The van der Waals surface area contributed by atoms with Crippen LogP contribution in [0.25, 0.3) is 21.9 Å². The van der Waals surface area contributed by atoms with Gasteiger partial charge in [-0.3, -0.25) is 9.48 Å². The zero-order chi connectivity index (χ0) is 17.4. The Balaban J connectivity index is 1.63. The maximum atomic E-state index is 12.6. The first kappa shape index (κ1) is 15.8. The van der Waals surface area contributed by atoms with Gasteiger partial charge in [0, 0.05) is 43.5 Å². The van der Waals surface area contributed by atoms with Crippen LogP contribution in [0.3, 0.4) is 0 Å². The number of rotatable bonds is 4. The van der Waals surface area contributed by atoms with Crippen molar-refractivity contribution in [1.82, 2.24) is 20.1 Å². The van der Waals surface area contributed by atoms with Gasteiger partial charge in [0.15, 0.2) is 0 Å². The average molecular weight is 335 g/mol. The van der Waals surface area contributed by atoms with Gasteiger partial charge in [0.2, 0.25) is 5.91 Å². The van der Waals surface area contributed by atoms with Crippen LogP contribution in [-0.2, 0) is 11.8 Å². The van der Waals surface area contributed by atoms with Gasteiger partial charge < -0.3 is 10.6 Å². The summed E-state index contributed by atoms with van der Waals surface area (Å²) in [6.07, 6.45) is 6.46. The summed E-state index contributed by atoms with van der Waals surface area (Å²) in [6.45, 7) is 3.51. The lowest BCUT2D eigenvalue weighted by Crippen LogP contribution is -2.59. The van der Waals surface area contributed by atoms with Gasteiger partial charge in [-0.05, 0) is 29.5 Å². The van der Waals surface area contributed by atoms with Crippen molar-refractivity contribution < 1.29 is 4.79 Å². The highest BCUT2D eigenvalue weighted by atomic mass is 16.2. The van der Waals surface area contributed by atoms with E-state index < -0.39 is 0 Å². The Labute approximate surface area is 146 Å². The Morgan fingerprint density at radius 1 is 1.24 bits per heavy atom. The second-order valence-corrected chi connectivity index (χ2v) is 6.73. The molecule has 1 saturated heterocycles. The van der Waals surface area contributed by atoms with Gasteiger partial charge in [-0.15, -0.1) is 0 Å². The molecule has 0 bridgehead atoms. The first-order valence-electron chi connectivity index (χ1n) is 8.51. The molecule has 1 fully saturated rings. The van der Waals surface area contributed by atoms with E-state index >= 15 is 0 Å². The summed E-state index contributed by atoms with van der Waals surface area (Å²) in [5.41, 5.74) is 1.86. The molecule has 2 N–H and O–H groups in total. The highest BCUT2D eigenvalue weighted by Crippen LogP contribution is 2.29. The molecule has 1 aromatic carbocycles. The van der Waals surface area contributed by atoms with Crippen LogP contribution in [0.2, 0.25) is 0 Å². The Hall–Kier alpha value is -2.73. The number of aryl methyl sites for hydroxylation is 1. The zero-order valence-corrected chi connectivity index (χ0v) is 14.4. The van der Waals surface area contributed by atoms with Crippen molar-refractivity contribution in [1.29, 1.82) is 0 Å². The molecule has 2 aromatic heterocycles. The monoisotopic (exact) mass is 335 g/mol. The molecule has 1 aliphatic rings. The lowest BCUT2D eigenvalue weighted by molar-refractivity contribution is -0.128. The smallest absolute Gasteiger partial charge is 0.234 e. The predicted molar refractivity (Wildman–Crippen MR) is 98.2 cm³/mol. The van der Waals surface area contributed by atoms with Crippen molar-refractivity contribution >= 4 is 22.5 Å². The Kier molecular flexibility index (Phi) is 3.77. The van der Waals surface area contributed by atoms with Crippen molar-refractivity contribution in [3.63, 3.8) is 0 Å². The first-order chi connectivity index (χ1) is 12.1. The van der Waals surface area contributed by atoms with E-state index in [0.717, 1.165) is 41.4 Å². The predicted octanol–water partition coefficient (Wildman–Crippen LogP) is 2.57. The Morgan fingerprint density at radius 3 is 2.72 bits per heavy atom. The number of hydrogen-bond donors (Lipinski definition) is 2. The molecule has 3 aromatic rings. The number of amides is 1. The van der Waals surface area contributed by atoms with E-state index in [2.05, 4.69) is 39.8 Å². The van der Waals surface area contributed by atoms with Crippen LogP contribution in [0.5, 0.6) is 0 Å². The highest BCUT2D eigenvalue weighted by molar-refractivity contribution is 5.97. The number of anilines is 1. The molecule has 0 saturated carbocycles. The quantitative estimate of drug-likeness (QED) is 0.769. The van der Waals surface area contributed by atoms with Gasteiger partial charge in [0.05, 0.1) is 11.6 Å². The Morgan fingerprint density at radius 2 is 2.08 bits per heavy atom. The summed E-state index contributed by atoms with van der Waals surface area (Å²) in [5.74, 6) is 0.643. The van der Waals surface area contributed by atoms with Gasteiger partial charge in [-0.1, -0.05) is 19.1 Å². The molecule has 0 unspecified atom stereocenters. The second-order valence-electron chi connectivity index (χ2n) is 6.73. The number of fused-ring (bicyclic) bond motifs is 1. The molecular formula is C19H21N5O. The van der Waals surface area contributed by atoms with Gasteiger partial charge >= 0.3 is 0 Å². The third-order valence-electron chi connectivity index (χ3n) is 5.09. The first-order valence-corrected chi connectivity index (χ1v) is 8.51. The number of carbonyl (C=O) groups is 1. The molecule has 0 aliphatic carbocycles. The third-order valence-corrected chi connectivity index (χ3v) is 5.09. The largest absolute Gasteiger partial charge is 0.314 e. The number of hydrogen-bond acceptors (Lipinski definition) is 4. The summed E-state index contributed by atoms with van der Waals surface area (Å²) in [6, 6.07) is 8.14. The van der Waals surface area contributed by atoms with E-state index in [-0.39, 0.29) is 11.3 Å². The van der Waals surface area contributed by atoms with Crippen LogP contribution in [0.4, 0.5) is 5.82 Å². The van der Waals surface area contributed by atoms with E-state index in [0.29, 0.717) is 5.82 Å². The second kappa shape index (κ2) is 5.97. The number of pyridine rings is 1. The maximum Gasteiger partial charge on any atom is 0.234 e. The molecule has 4 rings (SSSR count). The lowest BCUT2D eigenvalue weighted by Gasteiger charge is -2.40. The highest BCUT2D eigenvalue weighted by Gasteiger charge is 2.42. The minimum atomic E-state index is -0.297. The summed E-state index contributed by atoms with van der Waals surface area (Å²) in [7, 11) is 1.90. The van der Waals surface area contributed by atoms with Gasteiger partial charge in [0.1, 0.15) is 5.82 Å². The fraction of sp³-hybridized carbons (Fsp3) is 0.316. The molecule has 1 amide bonds. The minimum Gasteiger partial charge on any atom is -0.314 e. The molecule has 6 heteroatoms. The third kappa shape index (κ3) is 2.78. The number of carbonyl (C=O) groups excluding carboxylic acids is 1. The normalized spacial score (nSPS) is 15.8. The molecule has 6 nitrogen and oxygen atoms in total. The van der Waals surface area contributed by atoms with E-state index in [9.17, 15) is 4.79 Å². The van der Waals surface area contributed by atoms with E-state index in [4.69, 9.17) is 0 Å². The van der Waals surface area contributed by atoms with Gasteiger partial charge in [0.25, 0.3) is 0 Å². The average Bonchev–Trinajstić information content (AvgIpc) is 3.00. The number of aromatic nitrogens is 3. The van der Waals surface area contributed by atoms with Crippen LogP contribution in [0, 0.1) is 5.41 Å². The van der Waals surface area contributed by atoms with Crippen LogP contribution in [0.1, 0.15) is 13.3 Å². The number of nitrogens with zero attached hydrogens (tertiary/aromatic N) is 3. The summed E-state index contributed by atoms with van der Waals surface area (Å²) in [5, 5.41) is 12.5. The lowest BCUT2D eigenvalue weighted by atomic mass is 9.78. The Bertz CT molecular complexity index is 936. The summed E-state index contributed by atoms with van der Waals surface area (Å²) in [4.78, 5) is 17.0. The number of benzene rings is 1. The molecule has 0 atom stereocenters. The molecular weight excluding hydrogens is 314 g/mol. The topological polar surface area (TPSA) is 71.8 Å². The minimum absolute atomic E-state index is 0.0454. The van der Waals surface area contributed by atoms with Crippen molar-refractivity contribution in [2.24, 2.45) is 12.5 Å². The molecule has 128 valence electrons. The molecule has 1 aliphatic heterocycles. The van der Waals surface area contributed by atoms with E-state index in [1.165, 1.54) is 0 Å². The van der Waals surface area contributed by atoms with E-state index in [1.807, 2.05) is 31.6 Å². The van der Waals surface area contributed by atoms with Crippen molar-refractivity contribution in [2.45, 2.75) is 13.3 Å². The summed E-state index contributed by atoms with van der Waals surface area (Å²) < 4.78 is 1.79. The zero-order valence-electron chi connectivity index (χ0n) is 14.4. The van der Waals surface area contributed by atoms with Crippen molar-refractivity contribution in [2.75, 3.05) is 18.4 Å². The fourth-order valence-electron chi connectivity index (χ4n) is 3.21. The SMILES string of the molecule is CCC1(C(=O)Nc2cc3cc(-c4cnn(C)c4)ccc3cn2)CNC1. The standard InChI is InChI=1S/C19H21N5O/c1-3-19(11-20-12-19)18(25)23-17-7-15-6-13(4-5-14(15)8-21-17)16-9-22-24(2)10-16/h4-10,20H,3,11-12H2,1-2H3,(H,21,23,25). The van der Waals surface area contributed by atoms with Gasteiger partial charge in [-0.2, -0.15) is 5.10 Å². The number of nitrogens with one attached hydrogen (secondary N) is 2. The summed E-state index contributed by atoms with van der Waals surface area (Å²) >= 11 is 0. The van der Waals surface area contributed by atoms with Crippen molar-refractivity contribution in [3.8, 4) is 11.1 Å². The van der Waals surface area contributed by atoms with E-state index in [1.54, 1.807) is 10.9 Å². The van der Waals surface area contributed by atoms with Crippen LogP contribution >= 0.6 is 0 Å². The van der Waals surface area contributed by atoms with Crippen LogP contribution in [-0.4, -0.2) is 33.8 Å². The van der Waals surface area contributed by atoms with Crippen LogP contribution in [0.15, 0.2) is 42.9 Å². The molecule has 3 heterocycles. The molecule has 0 radical (unpaired) electrons. The molecule has 25 heavy (non-hydrogen) atoms. The van der Waals surface area contributed by atoms with Gasteiger partial charge in [-0.25, -0.2) is 4.98 Å².